The number of pyridine rings is 1. The Morgan fingerprint density at radius 3 is 2.43 bits per heavy atom. The molecular formula is C32H26F3N5O3S. The summed E-state index contributed by atoms with van der Waals surface area (Å²) in [4.78, 5) is 18.6. The molecule has 0 aliphatic rings. The molecule has 1 N–H and O–H groups in total. The number of benzene rings is 2. The normalized spacial score (nSPS) is 11.0. The van der Waals surface area contributed by atoms with E-state index in [1.165, 1.54) is 18.2 Å². The van der Waals surface area contributed by atoms with Gasteiger partial charge in [-0.1, -0.05) is 32.0 Å². The topological polar surface area (TPSA) is 114 Å². The van der Waals surface area contributed by atoms with Crippen molar-refractivity contribution >= 4 is 17.2 Å². The third-order valence-electron chi connectivity index (χ3n) is 6.49. The Labute approximate surface area is 255 Å². The molecule has 5 aromatic rings. The van der Waals surface area contributed by atoms with E-state index in [1.54, 1.807) is 31.2 Å². The van der Waals surface area contributed by atoms with Gasteiger partial charge < -0.3 is 14.5 Å². The van der Waals surface area contributed by atoms with Crippen molar-refractivity contribution in [3.05, 3.63) is 105 Å². The van der Waals surface area contributed by atoms with Crippen LogP contribution in [0, 0.1) is 41.6 Å². The number of hydrogen-bond donors (Lipinski definition) is 1. The zero-order chi connectivity index (χ0) is 31.4. The van der Waals surface area contributed by atoms with E-state index < -0.39 is 17.5 Å². The van der Waals surface area contributed by atoms with Crippen LogP contribution < -0.4 is 10.1 Å². The van der Waals surface area contributed by atoms with Crippen molar-refractivity contribution in [1.29, 1.82) is 5.26 Å². The van der Waals surface area contributed by atoms with Crippen LogP contribution in [0.15, 0.2) is 59.0 Å². The predicted molar refractivity (Wildman–Crippen MR) is 157 cm³/mol. The summed E-state index contributed by atoms with van der Waals surface area (Å²) in [6.07, 6.45) is 0.457. The van der Waals surface area contributed by atoms with Gasteiger partial charge in [0.25, 0.3) is 11.8 Å². The van der Waals surface area contributed by atoms with Crippen LogP contribution in [0.3, 0.4) is 0 Å². The minimum absolute atomic E-state index is 0.0195. The summed E-state index contributed by atoms with van der Waals surface area (Å²) >= 11 is 1.12. The van der Waals surface area contributed by atoms with Crippen molar-refractivity contribution in [1.82, 2.24) is 20.5 Å². The van der Waals surface area contributed by atoms with Crippen molar-refractivity contribution in [2.24, 2.45) is 5.92 Å². The molecule has 44 heavy (non-hydrogen) atoms. The predicted octanol–water partition coefficient (Wildman–Crippen LogP) is 7.17. The number of nitriles is 1. The number of nitrogens with zero attached hydrogens (tertiary/aromatic N) is 4. The molecule has 0 atom stereocenters. The van der Waals surface area contributed by atoms with Gasteiger partial charge >= 0.3 is 0 Å². The van der Waals surface area contributed by atoms with Crippen LogP contribution in [0.5, 0.6) is 5.88 Å². The van der Waals surface area contributed by atoms with Crippen molar-refractivity contribution in [3.63, 3.8) is 0 Å². The number of hydrogen-bond acceptors (Lipinski definition) is 8. The lowest BCUT2D eigenvalue weighted by Crippen LogP contribution is -2.21. The number of aromatic nitrogens is 3. The van der Waals surface area contributed by atoms with E-state index in [2.05, 4.69) is 21.6 Å². The maximum atomic E-state index is 13.6. The molecule has 12 heteroatoms. The summed E-state index contributed by atoms with van der Waals surface area (Å²) in [5.41, 5.74) is 2.55. The van der Waals surface area contributed by atoms with E-state index in [0.29, 0.717) is 38.6 Å². The van der Waals surface area contributed by atoms with Gasteiger partial charge in [-0.2, -0.15) is 5.26 Å². The van der Waals surface area contributed by atoms with E-state index in [0.717, 1.165) is 23.5 Å². The highest BCUT2D eigenvalue weighted by Gasteiger charge is 2.28. The second-order valence-corrected chi connectivity index (χ2v) is 11.4. The van der Waals surface area contributed by atoms with Gasteiger partial charge in [0.2, 0.25) is 11.8 Å². The molecule has 0 radical (unpaired) electrons. The number of nitrogens with one attached hydrogen (secondary N) is 1. The summed E-state index contributed by atoms with van der Waals surface area (Å²) in [5.74, 6) is -2.16. The monoisotopic (exact) mass is 617 g/mol. The maximum Gasteiger partial charge on any atom is 0.261 e. The van der Waals surface area contributed by atoms with Gasteiger partial charge in [-0.25, -0.2) is 18.2 Å². The fraction of sp³-hybridized carbons (Fsp3) is 0.219. The average Bonchev–Trinajstić information content (AvgIpc) is 3.66. The zero-order valence-corrected chi connectivity index (χ0v) is 24.8. The Balaban J connectivity index is 1.57. The molecule has 0 aliphatic carbocycles. The highest BCUT2D eigenvalue weighted by molar-refractivity contribution is 7.17. The Kier molecular flexibility index (Phi) is 9.06. The Morgan fingerprint density at radius 2 is 1.77 bits per heavy atom. The number of carbonyl (C=O) groups is 1. The van der Waals surface area contributed by atoms with E-state index in [-0.39, 0.29) is 53.7 Å². The van der Waals surface area contributed by atoms with Gasteiger partial charge in [0.1, 0.15) is 24.1 Å². The molecule has 0 saturated carbocycles. The molecule has 224 valence electrons. The molecule has 0 saturated heterocycles. The molecule has 2 aromatic carbocycles. The Bertz CT molecular complexity index is 1860. The lowest BCUT2D eigenvalue weighted by molar-refractivity contribution is 0.0955. The minimum Gasteiger partial charge on any atom is -0.472 e. The number of thiophene rings is 1. The van der Waals surface area contributed by atoms with Crippen molar-refractivity contribution in [2.45, 2.75) is 40.3 Å². The van der Waals surface area contributed by atoms with Crippen LogP contribution >= 0.6 is 11.3 Å². The first-order valence-electron chi connectivity index (χ1n) is 13.6. The summed E-state index contributed by atoms with van der Waals surface area (Å²) in [7, 11) is 0. The molecule has 8 nitrogen and oxygen atoms in total. The lowest BCUT2D eigenvalue weighted by atomic mass is 9.95. The largest absolute Gasteiger partial charge is 0.472 e. The number of aryl methyl sites for hydroxylation is 1. The van der Waals surface area contributed by atoms with Gasteiger partial charge in [-0.05, 0) is 59.9 Å². The Morgan fingerprint density at radius 1 is 1.02 bits per heavy atom. The summed E-state index contributed by atoms with van der Waals surface area (Å²) in [6.45, 7) is 5.65. The minimum atomic E-state index is -1.00. The molecule has 1 amide bonds. The first-order valence-corrected chi connectivity index (χ1v) is 14.4. The van der Waals surface area contributed by atoms with Gasteiger partial charge in [0.15, 0.2) is 11.6 Å². The number of rotatable bonds is 10. The number of amides is 1. The standard InChI is InChI=1S/C32H26F3N5O3S/c1-17(2)12-25-22(14-36)28(26-10-11-27(44-26)30(41)37-15-20-6-9-23(34)24(35)13-20)29(32-40-39-18(3)43-32)31(38-25)42-16-19-4-7-21(33)8-5-19/h4-11,13,17H,12,15-16H2,1-3H3,(H,37,41). The molecule has 0 fully saturated rings. The second-order valence-electron chi connectivity index (χ2n) is 10.3. The van der Waals surface area contributed by atoms with Crippen LogP contribution in [0.25, 0.3) is 21.9 Å². The van der Waals surface area contributed by atoms with E-state index in [9.17, 15) is 23.2 Å². The van der Waals surface area contributed by atoms with Crippen LogP contribution in [-0.4, -0.2) is 21.1 Å². The summed E-state index contributed by atoms with van der Waals surface area (Å²) < 4.78 is 52.4. The van der Waals surface area contributed by atoms with Crippen LogP contribution in [-0.2, 0) is 19.6 Å². The van der Waals surface area contributed by atoms with Crippen LogP contribution in [0.1, 0.15) is 51.8 Å². The molecule has 3 heterocycles. The highest BCUT2D eigenvalue weighted by Crippen LogP contribution is 2.44. The fourth-order valence-corrected chi connectivity index (χ4v) is 5.44. The van der Waals surface area contributed by atoms with Gasteiger partial charge in [0, 0.05) is 23.9 Å². The third kappa shape index (κ3) is 6.79. The number of ether oxygens (including phenoxy) is 1. The second kappa shape index (κ2) is 13.1. The first-order chi connectivity index (χ1) is 21.1. The zero-order valence-electron chi connectivity index (χ0n) is 24.0. The summed E-state index contributed by atoms with van der Waals surface area (Å²) in [5, 5.41) is 21.2. The molecule has 0 spiro atoms. The molecule has 0 aliphatic heterocycles. The molecule has 0 bridgehead atoms. The molecule has 5 rings (SSSR count). The number of halogens is 3. The maximum absolute atomic E-state index is 13.6. The number of carbonyl (C=O) groups excluding carboxylic acids is 1. The quantitative estimate of drug-likeness (QED) is 0.177. The van der Waals surface area contributed by atoms with Crippen molar-refractivity contribution in [2.75, 3.05) is 0 Å². The molecule has 0 unspecified atom stereocenters. The smallest absolute Gasteiger partial charge is 0.261 e. The van der Waals surface area contributed by atoms with E-state index >= 15 is 0 Å². The fourth-order valence-electron chi connectivity index (χ4n) is 4.46. The van der Waals surface area contributed by atoms with Crippen LogP contribution in [0.4, 0.5) is 13.2 Å². The van der Waals surface area contributed by atoms with Crippen molar-refractivity contribution in [3.8, 4) is 33.8 Å². The van der Waals surface area contributed by atoms with Gasteiger partial charge in [0.05, 0.1) is 16.1 Å². The molecular weight excluding hydrogens is 591 g/mol. The van der Waals surface area contributed by atoms with E-state index in [1.807, 2.05) is 13.8 Å². The highest BCUT2D eigenvalue weighted by atomic mass is 32.1. The lowest BCUT2D eigenvalue weighted by Gasteiger charge is -2.17. The first kappa shape index (κ1) is 30.4. The van der Waals surface area contributed by atoms with E-state index in [4.69, 9.17) is 14.1 Å². The SMILES string of the molecule is Cc1nnc(-c2c(OCc3ccc(F)cc3)nc(CC(C)C)c(C#N)c2-c2ccc(C(=O)NCc3ccc(F)c(F)c3)s2)o1. The van der Waals surface area contributed by atoms with Crippen molar-refractivity contribution < 1.29 is 27.1 Å². The average molecular weight is 618 g/mol. The van der Waals surface area contributed by atoms with Gasteiger partial charge in [-0.3, -0.25) is 4.79 Å². The third-order valence-corrected chi connectivity index (χ3v) is 7.60. The summed E-state index contributed by atoms with van der Waals surface area (Å²) in [6, 6.07) is 14.8. The molecule has 3 aromatic heterocycles. The van der Waals surface area contributed by atoms with Crippen LogP contribution in [0.2, 0.25) is 0 Å². The van der Waals surface area contributed by atoms with Gasteiger partial charge in [-0.15, -0.1) is 21.5 Å². The Hall–Kier alpha value is -5.02.